The van der Waals surface area contributed by atoms with Gasteiger partial charge in [0.25, 0.3) is 0 Å². The first-order chi connectivity index (χ1) is 8.93. The Bertz CT molecular complexity index is 490. The highest BCUT2D eigenvalue weighted by atomic mass is 35.5. The van der Waals surface area contributed by atoms with Crippen molar-refractivity contribution in [2.45, 2.75) is 6.92 Å². The molecule has 1 rings (SSSR count). The van der Waals surface area contributed by atoms with Crippen molar-refractivity contribution in [1.82, 2.24) is 0 Å². The molecule has 19 heavy (non-hydrogen) atoms. The maximum atomic E-state index is 8.52. The lowest BCUT2D eigenvalue weighted by molar-refractivity contribution is 0.303. The van der Waals surface area contributed by atoms with E-state index in [1.165, 1.54) is 25.1 Å². The molecule has 0 aliphatic carbocycles. The third-order valence-corrected chi connectivity index (χ3v) is 2.72. The van der Waals surface area contributed by atoms with Crippen LogP contribution in [0.5, 0.6) is 11.5 Å². The van der Waals surface area contributed by atoms with Gasteiger partial charge >= 0.3 is 0 Å². The summed E-state index contributed by atoms with van der Waals surface area (Å²) in [6, 6.07) is 3.01. The van der Waals surface area contributed by atoms with Gasteiger partial charge in [-0.25, -0.2) is 0 Å². The number of oxime groups is 1. The maximum Gasteiger partial charge on any atom is 0.228 e. The summed E-state index contributed by atoms with van der Waals surface area (Å²) >= 11 is 22.9. The minimum absolute atomic E-state index is 0.00863. The largest absolute Gasteiger partial charge is 0.489 e. The van der Waals surface area contributed by atoms with Crippen LogP contribution in [0, 0.1) is 0 Å². The van der Waals surface area contributed by atoms with Gasteiger partial charge in [0.2, 0.25) is 5.90 Å². The summed E-state index contributed by atoms with van der Waals surface area (Å²) in [5.74, 6) is 0.609. The van der Waals surface area contributed by atoms with Crippen molar-refractivity contribution in [3.63, 3.8) is 0 Å². The van der Waals surface area contributed by atoms with Crippen molar-refractivity contribution >= 4 is 52.3 Å². The quantitative estimate of drug-likeness (QED) is 0.366. The van der Waals surface area contributed by atoms with Gasteiger partial charge in [-0.3, -0.25) is 0 Å². The lowest BCUT2D eigenvalue weighted by Gasteiger charge is -2.10. The van der Waals surface area contributed by atoms with Gasteiger partial charge < -0.3 is 14.7 Å². The second-order valence-electron chi connectivity index (χ2n) is 3.24. The molecular formula is C11H9Cl4NO3. The lowest BCUT2D eigenvalue weighted by Crippen LogP contribution is -2.04. The Morgan fingerprint density at radius 3 is 2.37 bits per heavy atom. The second-order valence-corrected chi connectivity index (χ2v) is 5.06. The Hall–Kier alpha value is -0.810. The van der Waals surface area contributed by atoms with E-state index in [9.17, 15) is 0 Å². The van der Waals surface area contributed by atoms with Crippen LogP contribution in [0.3, 0.4) is 0 Å². The molecule has 8 heteroatoms. The molecule has 0 atom stereocenters. The summed E-state index contributed by atoms with van der Waals surface area (Å²) in [6.45, 7) is 1.62. The molecule has 1 N–H and O–H groups in total. The summed E-state index contributed by atoms with van der Waals surface area (Å²) in [4.78, 5) is 0. The monoisotopic (exact) mass is 343 g/mol. The van der Waals surface area contributed by atoms with Crippen LogP contribution in [0.4, 0.5) is 0 Å². The van der Waals surface area contributed by atoms with Crippen LogP contribution in [0.2, 0.25) is 10.0 Å². The average molecular weight is 345 g/mol. The SMILES string of the molecule is CC(=NO)Oc1c(Cl)cc(OCC=C(Cl)Cl)cc1Cl. The van der Waals surface area contributed by atoms with Gasteiger partial charge in [-0.05, 0) is 6.08 Å². The first kappa shape index (κ1) is 16.2. The van der Waals surface area contributed by atoms with Gasteiger partial charge in [0.15, 0.2) is 5.75 Å². The highest BCUT2D eigenvalue weighted by Crippen LogP contribution is 2.37. The highest BCUT2D eigenvalue weighted by Gasteiger charge is 2.12. The van der Waals surface area contributed by atoms with E-state index in [0.717, 1.165) is 0 Å². The molecule has 0 spiro atoms. The molecule has 0 aromatic heterocycles. The lowest BCUT2D eigenvalue weighted by atomic mass is 10.3. The van der Waals surface area contributed by atoms with E-state index in [-0.39, 0.29) is 32.8 Å². The smallest absolute Gasteiger partial charge is 0.228 e. The molecule has 104 valence electrons. The molecule has 0 bridgehead atoms. The summed E-state index contributed by atoms with van der Waals surface area (Å²) in [7, 11) is 0. The number of ether oxygens (including phenoxy) is 2. The maximum absolute atomic E-state index is 8.52. The van der Waals surface area contributed by atoms with Crippen molar-refractivity contribution < 1.29 is 14.7 Å². The summed E-state index contributed by atoms with van der Waals surface area (Å²) < 4.78 is 10.6. The van der Waals surface area contributed by atoms with Gasteiger partial charge in [-0.15, -0.1) is 0 Å². The van der Waals surface area contributed by atoms with E-state index < -0.39 is 0 Å². The molecular weight excluding hydrogens is 336 g/mol. The van der Waals surface area contributed by atoms with Crippen molar-refractivity contribution in [3.05, 3.63) is 32.7 Å². The van der Waals surface area contributed by atoms with E-state index in [1.807, 2.05) is 0 Å². The van der Waals surface area contributed by atoms with Crippen LogP contribution >= 0.6 is 46.4 Å². The fourth-order valence-corrected chi connectivity index (χ4v) is 1.76. The number of rotatable bonds is 4. The third-order valence-electron chi connectivity index (χ3n) is 1.85. The highest BCUT2D eigenvalue weighted by molar-refractivity contribution is 6.55. The Kier molecular flexibility index (Phi) is 6.58. The summed E-state index contributed by atoms with van der Waals surface area (Å²) in [5.41, 5.74) is 0. The van der Waals surface area contributed by atoms with Crippen molar-refractivity contribution in [1.29, 1.82) is 0 Å². The molecule has 0 aliphatic heterocycles. The first-order valence-corrected chi connectivity index (χ1v) is 6.44. The summed E-state index contributed by atoms with van der Waals surface area (Å²) in [5, 5.41) is 11.8. The molecule has 0 saturated carbocycles. The Labute approximate surface area is 130 Å². The van der Waals surface area contributed by atoms with Gasteiger partial charge in [0.05, 0.1) is 10.0 Å². The van der Waals surface area contributed by atoms with Crippen molar-refractivity contribution in [2.75, 3.05) is 6.61 Å². The van der Waals surface area contributed by atoms with Crippen LogP contribution in [0.15, 0.2) is 27.9 Å². The fourth-order valence-electron chi connectivity index (χ4n) is 1.09. The second kappa shape index (κ2) is 7.70. The minimum atomic E-state index is 0.00863. The van der Waals surface area contributed by atoms with Crippen LogP contribution < -0.4 is 9.47 Å². The number of benzene rings is 1. The molecule has 0 heterocycles. The molecule has 0 fully saturated rings. The van der Waals surface area contributed by atoms with Crippen molar-refractivity contribution in [3.8, 4) is 11.5 Å². The van der Waals surface area contributed by atoms with Crippen molar-refractivity contribution in [2.24, 2.45) is 5.16 Å². The third kappa shape index (κ3) is 5.37. The van der Waals surface area contributed by atoms with E-state index in [2.05, 4.69) is 5.16 Å². The topological polar surface area (TPSA) is 51.1 Å². The van der Waals surface area contributed by atoms with Crippen LogP contribution in [-0.2, 0) is 0 Å². The minimum Gasteiger partial charge on any atom is -0.489 e. The van der Waals surface area contributed by atoms with Gasteiger partial charge in [-0.2, -0.15) is 0 Å². The molecule has 0 saturated heterocycles. The zero-order valence-corrected chi connectivity index (χ0v) is 12.7. The molecule has 4 nitrogen and oxygen atoms in total. The van der Waals surface area contributed by atoms with E-state index in [0.29, 0.717) is 5.75 Å². The molecule has 0 amide bonds. The Morgan fingerprint density at radius 1 is 1.32 bits per heavy atom. The predicted octanol–water partition coefficient (Wildman–Crippen LogP) is 4.88. The summed E-state index contributed by atoms with van der Waals surface area (Å²) in [6.07, 6.45) is 1.47. The zero-order valence-electron chi connectivity index (χ0n) is 9.66. The molecule has 0 unspecified atom stereocenters. The van der Waals surface area contributed by atoms with Gasteiger partial charge in [0.1, 0.15) is 16.8 Å². The van der Waals surface area contributed by atoms with Crippen LogP contribution in [-0.4, -0.2) is 17.7 Å². The number of hydrogen-bond donors (Lipinski definition) is 1. The number of hydrogen-bond acceptors (Lipinski definition) is 4. The van der Waals surface area contributed by atoms with Gasteiger partial charge in [-0.1, -0.05) is 51.6 Å². The fraction of sp³-hybridized carbons (Fsp3) is 0.182. The standard InChI is InChI=1S/C11H9Cl4NO3/c1-6(16-17)19-11-8(12)4-7(5-9(11)13)18-3-2-10(14)15/h2,4-5,17H,3H2,1H3. The van der Waals surface area contributed by atoms with E-state index in [1.54, 1.807) is 0 Å². The Balaban J connectivity index is 2.87. The average Bonchev–Trinajstić information content (AvgIpc) is 2.33. The first-order valence-electron chi connectivity index (χ1n) is 4.93. The predicted molar refractivity (Wildman–Crippen MR) is 77.3 cm³/mol. The zero-order chi connectivity index (χ0) is 14.4. The van der Waals surface area contributed by atoms with Crippen LogP contribution in [0.1, 0.15) is 6.92 Å². The van der Waals surface area contributed by atoms with Gasteiger partial charge in [0, 0.05) is 19.1 Å². The number of nitrogens with zero attached hydrogens (tertiary/aromatic N) is 1. The molecule has 1 aromatic rings. The van der Waals surface area contributed by atoms with E-state index >= 15 is 0 Å². The molecule has 0 radical (unpaired) electrons. The molecule has 0 aliphatic rings. The van der Waals surface area contributed by atoms with Crippen LogP contribution in [0.25, 0.3) is 0 Å². The van der Waals surface area contributed by atoms with E-state index in [4.69, 9.17) is 61.1 Å². The normalized spacial score (nSPS) is 11.1. The Morgan fingerprint density at radius 2 is 1.89 bits per heavy atom. The number of halogens is 4. The molecule has 1 aromatic carbocycles.